The van der Waals surface area contributed by atoms with E-state index in [4.69, 9.17) is 0 Å². The molecule has 1 N–H and O–H groups in total. The van der Waals surface area contributed by atoms with Crippen molar-refractivity contribution < 1.29 is 0 Å². The van der Waals surface area contributed by atoms with Crippen molar-refractivity contribution in [2.24, 2.45) is 12.5 Å². The second kappa shape index (κ2) is 4.35. The van der Waals surface area contributed by atoms with Gasteiger partial charge in [0.25, 0.3) is 0 Å². The van der Waals surface area contributed by atoms with Gasteiger partial charge < -0.3 is 5.32 Å². The van der Waals surface area contributed by atoms with Crippen LogP contribution in [-0.2, 0) is 13.6 Å². The Kier molecular flexibility index (Phi) is 3.10. The molecule has 0 unspecified atom stereocenters. The Hall–Kier alpha value is -0.830. The van der Waals surface area contributed by atoms with Gasteiger partial charge in [0.15, 0.2) is 0 Å². The third-order valence-electron chi connectivity index (χ3n) is 3.47. The van der Waals surface area contributed by atoms with Gasteiger partial charge in [0.2, 0.25) is 0 Å². The first kappa shape index (κ1) is 10.7. The zero-order valence-corrected chi connectivity index (χ0v) is 9.79. The zero-order chi connectivity index (χ0) is 10.7. The number of hydrogen-bond donors (Lipinski definition) is 1. The lowest BCUT2D eigenvalue weighted by atomic mass is 10.0. The van der Waals surface area contributed by atoms with Gasteiger partial charge in [-0.05, 0) is 30.7 Å². The Morgan fingerprint density at radius 3 is 2.87 bits per heavy atom. The van der Waals surface area contributed by atoms with Crippen LogP contribution in [0.4, 0.5) is 0 Å². The zero-order valence-electron chi connectivity index (χ0n) is 9.79. The monoisotopic (exact) mass is 207 g/mol. The van der Waals surface area contributed by atoms with E-state index >= 15 is 0 Å². The van der Waals surface area contributed by atoms with E-state index in [-0.39, 0.29) is 0 Å². The van der Waals surface area contributed by atoms with Crippen molar-refractivity contribution in [1.29, 1.82) is 0 Å². The SMILES string of the molecule is CCCC1(CNCc2ccnn2C)CC1. The Bertz CT molecular complexity index is 312. The van der Waals surface area contributed by atoms with Gasteiger partial charge in [0, 0.05) is 26.3 Å². The first-order valence-corrected chi connectivity index (χ1v) is 5.93. The maximum atomic E-state index is 4.16. The summed E-state index contributed by atoms with van der Waals surface area (Å²) < 4.78 is 1.94. The average Bonchev–Trinajstić information content (AvgIpc) is 2.85. The highest BCUT2D eigenvalue weighted by atomic mass is 15.3. The number of aromatic nitrogens is 2. The van der Waals surface area contributed by atoms with E-state index in [0.29, 0.717) is 5.41 Å². The van der Waals surface area contributed by atoms with Crippen LogP contribution in [0.5, 0.6) is 0 Å². The maximum absolute atomic E-state index is 4.16. The first-order chi connectivity index (χ1) is 7.26. The lowest BCUT2D eigenvalue weighted by molar-refractivity contribution is 0.417. The van der Waals surface area contributed by atoms with E-state index in [1.165, 1.54) is 37.9 Å². The summed E-state index contributed by atoms with van der Waals surface area (Å²) in [6.07, 6.45) is 7.38. The Morgan fingerprint density at radius 2 is 2.33 bits per heavy atom. The van der Waals surface area contributed by atoms with Crippen LogP contribution in [0.15, 0.2) is 12.3 Å². The van der Waals surface area contributed by atoms with Crippen LogP contribution < -0.4 is 5.32 Å². The molecule has 1 saturated carbocycles. The normalized spacial score (nSPS) is 18.0. The smallest absolute Gasteiger partial charge is 0.0518 e. The molecule has 3 heteroatoms. The van der Waals surface area contributed by atoms with Crippen LogP contribution in [0.1, 0.15) is 38.3 Å². The number of nitrogens with zero attached hydrogens (tertiary/aromatic N) is 2. The molecule has 1 aromatic heterocycles. The fourth-order valence-electron chi connectivity index (χ4n) is 2.25. The molecule has 2 rings (SSSR count). The summed E-state index contributed by atoms with van der Waals surface area (Å²) in [6, 6.07) is 2.08. The van der Waals surface area contributed by atoms with Crippen molar-refractivity contribution in [3.8, 4) is 0 Å². The molecule has 0 radical (unpaired) electrons. The molecule has 1 aliphatic carbocycles. The van der Waals surface area contributed by atoms with Crippen molar-refractivity contribution in [3.63, 3.8) is 0 Å². The maximum Gasteiger partial charge on any atom is 0.0518 e. The van der Waals surface area contributed by atoms with Gasteiger partial charge in [-0.1, -0.05) is 13.3 Å². The summed E-state index contributed by atoms with van der Waals surface area (Å²) >= 11 is 0. The van der Waals surface area contributed by atoms with E-state index in [0.717, 1.165) is 6.54 Å². The van der Waals surface area contributed by atoms with Crippen LogP contribution in [-0.4, -0.2) is 16.3 Å². The fraction of sp³-hybridized carbons (Fsp3) is 0.750. The minimum absolute atomic E-state index is 0.646. The molecular formula is C12H21N3. The molecule has 1 aliphatic rings. The molecule has 1 fully saturated rings. The van der Waals surface area contributed by atoms with E-state index < -0.39 is 0 Å². The van der Waals surface area contributed by atoms with Crippen molar-refractivity contribution in [3.05, 3.63) is 18.0 Å². The molecule has 0 aromatic carbocycles. The Morgan fingerprint density at radius 1 is 1.53 bits per heavy atom. The number of hydrogen-bond acceptors (Lipinski definition) is 2. The van der Waals surface area contributed by atoms with Gasteiger partial charge in [0.1, 0.15) is 0 Å². The molecule has 1 aromatic rings. The molecule has 84 valence electrons. The standard InChI is InChI=1S/C12H21N3/c1-3-5-12(6-7-12)10-13-9-11-4-8-14-15(11)2/h4,8,13H,3,5-7,9-10H2,1-2H3. The average molecular weight is 207 g/mol. The summed E-state index contributed by atoms with van der Waals surface area (Å²) in [5.41, 5.74) is 1.91. The van der Waals surface area contributed by atoms with Crippen molar-refractivity contribution in [2.75, 3.05) is 6.54 Å². The molecule has 1 heterocycles. The van der Waals surface area contributed by atoms with E-state index in [1.807, 2.05) is 17.9 Å². The summed E-state index contributed by atoms with van der Waals surface area (Å²) in [5, 5.41) is 7.72. The highest BCUT2D eigenvalue weighted by Gasteiger charge is 2.40. The third kappa shape index (κ3) is 2.59. The molecular weight excluding hydrogens is 186 g/mol. The second-order valence-corrected chi connectivity index (χ2v) is 4.80. The predicted molar refractivity (Wildman–Crippen MR) is 61.5 cm³/mol. The second-order valence-electron chi connectivity index (χ2n) is 4.80. The molecule has 0 spiro atoms. The summed E-state index contributed by atoms with van der Waals surface area (Å²) in [5.74, 6) is 0. The van der Waals surface area contributed by atoms with Crippen molar-refractivity contribution >= 4 is 0 Å². The van der Waals surface area contributed by atoms with Crippen LogP contribution in [0.2, 0.25) is 0 Å². The highest BCUT2D eigenvalue weighted by Crippen LogP contribution is 2.48. The summed E-state index contributed by atoms with van der Waals surface area (Å²) in [6.45, 7) is 4.40. The van der Waals surface area contributed by atoms with Crippen LogP contribution >= 0.6 is 0 Å². The van der Waals surface area contributed by atoms with Crippen LogP contribution in [0, 0.1) is 5.41 Å². The van der Waals surface area contributed by atoms with E-state index in [2.05, 4.69) is 23.4 Å². The van der Waals surface area contributed by atoms with Crippen molar-refractivity contribution in [1.82, 2.24) is 15.1 Å². The fourth-order valence-corrected chi connectivity index (χ4v) is 2.25. The van der Waals surface area contributed by atoms with Crippen LogP contribution in [0.3, 0.4) is 0 Å². The molecule has 0 amide bonds. The summed E-state index contributed by atoms with van der Waals surface area (Å²) in [7, 11) is 2.00. The van der Waals surface area contributed by atoms with E-state index in [1.54, 1.807) is 0 Å². The van der Waals surface area contributed by atoms with Gasteiger partial charge >= 0.3 is 0 Å². The summed E-state index contributed by atoms with van der Waals surface area (Å²) in [4.78, 5) is 0. The van der Waals surface area contributed by atoms with Gasteiger partial charge in [-0.3, -0.25) is 4.68 Å². The minimum Gasteiger partial charge on any atom is -0.311 e. The minimum atomic E-state index is 0.646. The lowest BCUT2D eigenvalue weighted by Crippen LogP contribution is -2.24. The molecule has 0 bridgehead atoms. The van der Waals surface area contributed by atoms with Gasteiger partial charge in [-0.15, -0.1) is 0 Å². The number of rotatable bonds is 6. The van der Waals surface area contributed by atoms with Crippen molar-refractivity contribution in [2.45, 2.75) is 39.2 Å². The highest BCUT2D eigenvalue weighted by molar-refractivity contribution is 5.00. The lowest BCUT2D eigenvalue weighted by Gasteiger charge is -2.14. The third-order valence-corrected chi connectivity index (χ3v) is 3.47. The Labute approximate surface area is 91.9 Å². The number of aryl methyl sites for hydroxylation is 1. The topological polar surface area (TPSA) is 29.9 Å². The van der Waals surface area contributed by atoms with Gasteiger partial charge in [-0.2, -0.15) is 5.10 Å². The van der Waals surface area contributed by atoms with E-state index in [9.17, 15) is 0 Å². The van der Waals surface area contributed by atoms with Crippen LogP contribution in [0.25, 0.3) is 0 Å². The number of nitrogens with one attached hydrogen (secondary N) is 1. The quantitative estimate of drug-likeness (QED) is 0.774. The van der Waals surface area contributed by atoms with Gasteiger partial charge in [-0.25, -0.2) is 0 Å². The van der Waals surface area contributed by atoms with Gasteiger partial charge in [0.05, 0.1) is 5.69 Å². The molecule has 3 nitrogen and oxygen atoms in total. The Balaban J connectivity index is 1.73. The largest absolute Gasteiger partial charge is 0.311 e. The molecule has 0 saturated heterocycles. The molecule has 0 aliphatic heterocycles. The first-order valence-electron chi connectivity index (χ1n) is 5.93. The molecule has 0 atom stereocenters. The molecule has 15 heavy (non-hydrogen) atoms. The predicted octanol–water partition coefficient (Wildman–Crippen LogP) is 2.09.